The normalized spacial score (nSPS) is 18.1. The van der Waals surface area contributed by atoms with E-state index in [0.717, 1.165) is 6.42 Å². The Morgan fingerprint density at radius 2 is 2.30 bits per heavy atom. The average molecular weight is 266 g/mol. The number of nitrogens with one attached hydrogen (secondary N) is 2. The minimum atomic E-state index is 0.379. The third kappa shape index (κ3) is 1.80. The number of aryl methyl sites for hydroxylation is 1. The van der Waals surface area contributed by atoms with Gasteiger partial charge in [0.1, 0.15) is 0 Å². The molecule has 1 aliphatic carbocycles. The van der Waals surface area contributed by atoms with Crippen molar-refractivity contribution in [2.75, 3.05) is 5.32 Å². The van der Waals surface area contributed by atoms with E-state index < -0.39 is 0 Å². The Bertz CT molecular complexity index is 753. The molecular formula is C16H18N4. The van der Waals surface area contributed by atoms with Gasteiger partial charge >= 0.3 is 0 Å². The Morgan fingerprint density at radius 1 is 1.35 bits per heavy atom. The van der Waals surface area contributed by atoms with E-state index in [-0.39, 0.29) is 0 Å². The number of hydrogen-bond acceptors (Lipinski definition) is 2. The summed E-state index contributed by atoms with van der Waals surface area (Å²) in [6, 6.07) is 8.96. The summed E-state index contributed by atoms with van der Waals surface area (Å²) in [6.45, 7) is 0. The highest BCUT2D eigenvalue weighted by atomic mass is 15.3. The maximum absolute atomic E-state index is 4.40. The van der Waals surface area contributed by atoms with Crippen molar-refractivity contribution in [2.24, 2.45) is 7.05 Å². The first-order chi connectivity index (χ1) is 9.81. The molecule has 2 heterocycles. The predicted molar refractivity (Wildman–Crippen MR) is 80.8 cm³/mol. The fraction of sp³-hybridized carbons (Fsp3) is 0.312. The van der Waals surface area contributed by atoms with Crippen molar-refractivity contribution in [1.82, 2.24) is 14.8 Å². The number of aromatic amines is 1. The summed E-state index contributed by atoms with van der Waals surface area (Å²) in [6.07, 6.45) is 7.52. The number of nitrogens with zero attached hydrogens (tertiary/aromatic N) is 2. The molecule has 102 valence electrons. The SMILES string of the molecule is Cn1ncc2c1CCCC2Nc1ccc2[nH]ccc2c1. The van der Waals surface area contributed by atoms with Crippen molar-refractivity contribution in [3.8, 4) is 0 Å². The molecule has 4 heteroatoms. The van der Waals surface area contributed by atoms with Gasteiger partial charge in [0.25, 0.3) is 0 Å². The molecule has 2 N–H and O–H groups in total. The van der Waals surface area contributed by atoms with Crippen molar-refractivity contribution < 1.29 is 0 Å². The molecular weight excluding hydrogens is 248 g/mol. The summed E-state index contributed by atoms with van der Waals surface area (Å²) in [7, 11) is 2.03. The van der Waals surface area contributed by atoms with E-state index in [1.54, 1.807) is 0 Å². The molecule has 1 aliphatic rings. The van der Waals surface area contributed by atoms with Crippen LogP contribution in [0.3, 0.4) is 0 Å². The number of hydrogen-bond donors (Lipinski definition) is 2. The van der Waals surface area contributed by atoms with Crippen molar-refractivity contribution >= 4 is 16.6 Å². The molecule has 3 aromatic rings. The Labute approximate surface area is 117 Å². The van der Waals surface area contributed by atoms with E-state index in [1.807, 2.05) is 24.1 Å². The van der Waals surface area contributed by atoms with Crippen LogP contribution in [0, 0.1) is 0 Å². The van der Waals surface area contributed by atoms with Crippen molar-refractivity contribution in [2.45, 2.75) is 25.3 Å². The van der Waals surface area contributed by atoms with E-state index in [9.17, 15) is 0 Å². The fourth-order valence-corrected chi connectivity index (χ4v) is 3.20. The Morgan fingerprint density at radius 3 is 3.25 bits per heavy atom. The molecule has 1 unspecified atom stereocenters. The largest absolute Gasteiger partial charge is 0.378 e. The van der Waals surface area contributed by atoms with Gasteiger partial charge < -0.3 is 10.3 Å². The lowest BCUT2D eigenvalue weighted by Gasteiger charge is -2.24. The molecule has 0 saturated heterocycles. The van der Waals surface area contributed by atoms with Crippen LogP contribution in [-0.4, -0.2) is 14.8 Å². The molecule has 0 aliphatic heterocycles. The standard InChI is InChI=1S/C16H18N4/c1-20-16-4-2-3-15(13(16)10-18-20)19-12-5-6-14-11(9-12)7-8-17-14/h5-10,15,17,19H,2-4H2,1H3. The van der Waals surface area contributed by atoms with Gasteiger partial charge in [0, 0.05) is 41.1 Å². The van der Waals surface area contributed by atoms with E-state index in [0.29, 0.717) is 6.04 Å². The number of rotatable bonds is 2. The van der Waals surface area contributed by atoms with Gasteiger partial charge in [0.2, 0.25) is 0 Å². The first-order valence-electron chi connectivity index (χ1n) is 7.16. The molecule has 0 spiro atoms. The van der Waals surface area contributed by atoms with Crippen LogP contribution in [0.15, 0.2) is 36.7 Å². The van der Waals surface area contributed by atoms with Crippen LogP contribution in [0.25, 0.3) is 10.9 Å². The quantitative estimate of drug-likeness (QED) is 0.747. The second-order valence-corrected chi connectivity index (χ2v) is 5.54. The molecule has 2 aromatic heterocycles. The van der Waals surface area contributed by atoms with Gasteiger partial charge in [-0.1, -0.05) is 0 Å². The van der Waals surface area contributed by atoms with Crippen LogP contribution in [0.2, 0.25) is 0 Å². The van der Waals surface area contributed by atoms with Gasteiger partial charge in [-0.25, -0.2) is 0 Å². The molecule has 20 heavy (non-hydrogen) atoms. The molecule has 1 atom stereocenters. The Hall–Kier alpha value is -2.23. The number of benzene rings is 1. The van der Waals surface area contributed by atoms with Gasteiger partial charge in [-0.3, -0.25) is 4.68 Å². The molecule has 0 saturated carbocycles. The average Bonchev–Trinajstić information content (AvgIpc) is 3.06. The lowest BCUT2D eigenvalue weighted by molar-refractivity contribution is 0.571. The van der Waals surface area contributed by atoms with Crippen molar-refractivity contribution in [1.29, 1.82) is 0 Å². The van der Waals surface area contributed by atoms with E-state index in [1.165, 1.54) is 40.7 Å². The first-order valence-corrected chi connectivity index (χ1v) is 7.16. The lowest BCUT2D eigenvalue weighted by Crippen LogP contribution is -2.17. The molecule has 4 rings (SSSR count). The number of anilines is 1. The zero-order valence-electron chi connectivity index (χ0n) is 11.6. The zero-order chi connectivity index (χ0) is 13.5. The first kappa shape index (κ1) is 11.6. The van der Waals surface area contributed by atoms with Gasteiger partial charge in [-0.15, -0.1) is 0 Å². The predicted octanol–water partition coefficient (Wildman–Crippen LogP) is 3.39. The number of aromatic nitrogens is 3. The van der Waals surface area contributed by atoms with Gasteiger partial charge in [0.15, 0.2) is 0 Å². The van der Waals surface area contributed by atoms with Crippen molar-refractivity contribution in [3.05, 3.63) is 47.9 Å². The summed E-state index contributed by atoms with van der Waals surface area (Å²) in [5.74, 6) is 0. The second kappa shape index (κ2) is 4.40. The highest BCUT2D eigenvalue weighted by Gasteiger charge is 2.23. The van der Waals surface area contributed by atoms with Crippen molar-refractivity contribution in [3.63, 3.8) is 0 Å². The summed E-state index contributed by atoms with van der Waals surface area (Å²) < 4.78 is 2.01. The Kier molecular flexibility index (Phi) is 2.55. The molecule has 1 aromatic carbocycles. The van der Waals surface area contributed by atoms with Crippen LogP contribution in [0.4, 0.5) is 5.69 Å². The van der Waals surface area contributed by atoms with Crippen LogP contribution in [-0.2, 0) is 13.5 Å². The zero-order valence-corrected chi connectivity index (χ0v) is 11.6. The van der Waals surface area contributed by atoms with E-state index in [2.05, 4.69) is 39.7 Å². The van der Waals surface area contributed by atoms with Gasteiger partial charge in [0.05, 0.1) is 12.2 Å². The summed E-state index contributed by atoms with van der Waals surface area (Å²) in [4.78, 5) is 3.23. The number of H-pyrrole nitrogens is 1. The van der Waals surface area contributed by atoms with Crippen LogP contribution in [0.1, 0.15) is 30.1 Å². The monoisotopic (exact) mass is 266 g/mol. The maximum atomic E-state index is 4.40. The van der Waals surface area contributed by atoms with E-state index >= 15 is 0 Å². The minimum absolute atomic E-state index is 0.379. The Balaban J connectivity index is 1.65. The fourth-order valence-electron chi connectivity index (χ4n) is 3.20. The van der Waals surface area contributed by atoms with E-state index in [4.69, 9.17) is 0 Å². The smallest absolute Gasteiger partial charge is 0.0547 e. The molecule has 0 fully saturated rings. The second-order valence-electron chi connectivity index (χ2n) is 5.54. The minimum Gasteiger partial charge on any atom is -0.378 e. The highest BCUT2D eigenvalue weighted by Crippen LogP contribution is 2.32. The highest BCUT2D eigenvalue weighted by molar-refractivity contribution is 5.83. The van der Waals surface area contributed by atoms with Crippen LogP contribution in [0.5, 0.6) is 0 Å². The van der Waals surface area contributed by atoms with Crippen LogP contribution >= 0.6 is 0 Å². The van der Waals surface area contributed by atoms with Gasteiger partial charge in [-0.05, 0) is 43.5 Å². The topological polar surface area (TPSA) is 45.6 Å². The van der Waals surface area contributed by atoms with Crippen LogP contribution < -0.4 is 5.32 Å². The lowest BCUT2D eigenvalue weighted by atomic mass is 9.93. The summed E-state index contributed by atoms with van der Waals surface area (Å²) in [5, 5.41) is 9.32. The third-order valence-electron chi connectivity index (χ3n) is 4.27. The summed E-state index contributed by atoms with van der Waals surface area (Å²) >= 11 is 0. The molecule has 4 nitrogen and oxygen atoms in total. The molecule has 0 radical (unpaired) electrons. The molecule has 0 bridgehead atoms. The van der Waals surface area contributed by atoms with Gasteiger partial charge in [-0.2, -0.15) is 5.10 Å². The number of fused-ring (bicyclic) bond motifs is 2. The molecule has 0 amide bonds. The maximum Gasteiger partial charge on any atom is 0.0547 e. The summed E-state index contributed by atoms with van der Waals surface area (Å²) in [5.41, 5.74) is 5.09. The third-order valence-corrected chi connectivity index (χ3v) is 4.27.